The smallest absolute Gasteiger partial charge is 0.253 e. The Labute approximate surface area is 204 Å². The SMILES string of the molecule is CCOc1ccc(NC(=S)N(Cc2ccccc2)Cc2cc3ccc(OC)cc3[nH]c2=O)cc1. The number of rotatable bonds is 8. The van der Waals surface area contributed by atoms with Gasteiger partial charge in [-0.1, -0.05) is 30.3 Å². The molecule has 4 aromatic rings. The van der Waals surface area contributed by atoms with Crippen molar-refractivity contribution in [1.29, 1.82) is 0 Å². The topological polar surface area (TPSA) is 66.6 Å². The molecular formula is C27H27N3O3S. The number of fused-ring (bicyclic) bond motifs is 1. The second-order valence-electron chi connectivity index (χ2n) is 7.81. The molecule has 0 aliphatic rings. The fourth-order valence-electron chi connectivity index (χ4n) is 3.68. The highest BCUT2D eigenvalue weighted by Gasteiger charge is 2.15. The number of hydrogen-bond acceptors (Lipinski definition) is 4. The molecule has 0 unspecified atom stereocenters. The fraction of sp³-hybridized carbons (Fsp3) is 0.185. The first-order valence-electron chi connectivity index (χ1n) is 11.1. The maximum Gasteiger partial charge on any atom is 0.253 e. The standard InChI is InChI=1S/C27H27N3O3S/c1-3-33-23-13-10-22(11-14-23)28-27(34)30(17-19-7-5-4-6-8-19)18-21-15-20-9-12-24(32-2)16-25(20)29-26(21)31/h4-16H,3,17-18H2,1-2H3,(H,28,34)(H,29,31). The van der Waals surface area contributed by atoms with Crippen molar-refractivity contribution < 1.29 is 9.47 Å². The predicted octanol–water partition coefficient (Wildman–Crippen LogP) is 5.33. The molecule has 0 aliphatic heterocycles. The molecule has 0 spiro atoms. The molecule has 7 heteroatoms. The summed E-state index contributed by atoms with van der Waals surface area (Å²) >= 11 is 5.77. The Hall–Kier alpha value is -3.84. The molecule has 4 rings (SSSR count). The molecule has 0 radical (unpaired) electrons. The van der Waals surface area contributed by atoms with Crippen LogP contribution in [0.2, 0.25) is 0 Å². The van der Waals surface area contributed by atoms with Gasteiger partial charge in [0.05, 0.1) is 25.8 Å². The second kappa shape index (κ2) is 10.9. The van der Waals surface area contributed by atoms with Crippen LogP contribution in [0.25, 0.3) is 10.9 Å². The molecule has 0 atom stereocenters. The van der Waals surface area contributed by atoms with E-state index in [0.29, 0.717) is 36.1 Å². The number of methoxy groups -OCH3 is 1. The van der Waals surface area contributed by atoms with Gasteiger partial charge in [-0.15, -0.1) is 0 Å². The summed E-state index contributed by atoms with van der Waals surface area (Å²) in [7, 11) is 1.60. The first kappa shape index (κ1) is 23.3. The molecule has 2 N–H and O–H groups in total. The third-order valence-corrected chi connectivity index (χ3v) is 5.77. The minimum atomic E-state index is -0.150. The summed E-state index contributed by atoms with van der Waals surface area (Å²) in [5.74, 6) is 1.50. The van der Waals surface area contributed by atoms with E-state index in [9.17, 15) is 4.79 Å². The molecule has 0 amide bonds. The van der Waals surface area contributed by atoms with Crippen molar-refractivity contribution >= 4 is 33.9 Å². The number of anilines is 1. The Morgan fingerprint density at radius 2 is 1.71 bits per heavy atom. The van der Waals surface area contributed by atoms with E-state index < -0.39 is 0 Å². The monoisotopic (exact) mass is 473 g/mol. The van der Waals surface area contributed by atoms with Gasteiger partial charge in [0.25, 0.3) is 5.56 Å². The van der Waals surface area contributed by atoms with Crippen LogP contribution in [0, 0.1) is 0 Å². The third-order valence-electron chi connectivity index (χ3n) is 5.41. The summed E-state index contributed by atoms with van der Waals surface area (Å²) in [5.41, 5.74) is 3.16. The van der Waals surface area contributed by atoms with Gasteiger partial charge in [0.1, 0.15) is 11.5 Å². The number of hydrogen-bond donors (Lipinski definition) is 2. The van der Waals surface area contributed by atoms with Crippen molar-refractivity contribution in [2.24, 2.45) is 0 Å². The van der Waals surface area contributed by atoms with Crippen LogP contribution in [0.1, 0.15) is 18.1 Å². The number of aromatic nitrogens is 1. The number of nitrogens with zero attached hydrogens (tertiary/aromatic N) is 1. The molecule has 0 saturated heterocycles. The maximum absolute atomic E-state index is 12.9. The van der Waals surface area contributed by atoms with E-state index in [2.05, 4.69) is 10.3 Å². The van der Waals surface area contributed by atoms with E-state index in [4.69, 9.17) is 21.7 Å². The largest absolute Gasteiger partial charge is 0.497 e. The zero-order valence-corrected chi connectivity index (χ0v) is 20.0. The molecule has 1 heterocycles. The summed E-state index contributed by atoms with van der Waals surface area (Å²) < 4.78 is 10.8. The Kier molecular flexibility index (Phi) is 7.44. The van der Waals surface area contributed by atoms with E-state index in [1.807, 2.05) is 90.7 Å². The van der Waals surface area contributed by atoms with Crippen LogP contribution in [0.5, 0.6) is 11.5 Å². The lowest BCUT2D eigenvalue weighted by Gasteiger charge is -2.26. The molecule has 174 valence electrons. The lowest BCUT2D eigenvalue weighted by Crippen LogP contribution is -2.35. The molecule has 0 aliphatic carbocycles. The second-order valence-corrected chi connectivity index (χ2v) is 8.19. The van der Waals surface area contributed by atoms with Gasteiger partial charge in [-0.3, -0.25) is 4.79 Å². The van der Waals surface area contributed by atoms with Crippen molar-refractivity contribution in [3.8, 4) is 11.5 Å². The first-order valence-corrected chi connectivity index (χ1v) is 11.5. The van der Waals surface area contributed by atoms with Gasteiger partial charge in [-0.05, 0) is 72.6 Å². The summed E-state index contributed by atoms with van der Waals surface area (Å²) in [6, 6.07) is 25.2. The van der Waals surface area contributed by atoms with Crippen LogP contribution in [-0.2, 0) is 13.1 Å². The van der Waals surface area contributed by atoms with Gasteiger partial charge < -0.3 is 24.7 Å². The molecule has 1 aromatic heterocycles. The number of ether oxygens (including phenoxy) is 2. The zero-order valence-electron chi connectivity index (χ0n) is 19.2. The highest BCUT2D eigenvalue weighted by atomic mass is 32.1. The molecule has 0 bridgehead atoms. The van der Waals surface area contributed by atoms with Crippen molar-refractivity contribution in [2.75, 3.05) is 19.0 Å². The highest BCUT2D eigenvalue weighted by molar-refractivity contribution is 7.80. The zero-order chi connectivity index (χ0) is 23.9. The van der Waals surface area contributed by atoms with Crippen molar-refractivity contribution in [3.05, 3.63) is 100 Å². The van der Waals surface area contributed by atoms with Crippen LogP contribution in [0.3, 0.4) is 0 Å². The Bertz CT molecular complexity index is 1320. The number of H-pyrrole nitrogens is 1. The van der Waals surface area contributed by atoms with E-state index in [-0.39, 0.29) is 5.56 Å². The number of nitrogens with one attached hydrogen (secondary N) is 2. The van der Waals surface area contributed by atoms with Gasteiger partial charge in [0.15, 0.2) is 5.11 Å². The van der Waals surface area contributed by atoms with Gasteiger partial charge in [-0.25, -0.2) is 0 Å². The van der Waals surface area contributed by atoms with Gasteiger partial charge in [-0.2, -0.15) is 0 Å². The van der Waals surface area contributed by atoms with Gasteiger partial charge >= 0.3 is 0 Å². The first-order chi connectivity index (χ1) is 16.6. The van der Waals surface area contributed by atoms with E-state index in [0.717, 1.165) is 27.9 Å². The minimum absolute atomic E-state index is 0.150. The molecule has 6 nitrogen and oxygen atoms in total. The quantitative estimate of drug-likeness (QED) is 0.337. The Morgan fingerprint density at radius 3 is 2.41 bits per heavy atom. The highest BCUT2D eigenvalue weighted by Crippen LogP contribution is 2.20. The number of pyridine rings is 1. The maximum atomic E-state index is 12.9. The predicted molar refractivity (Wildman–Crippen MR) is 141 cm³/mol. The minimum Gasteiger partial charge on any atom is -0.497 e. The van der Waals surface area contributed by atoms with Gasteiger partial charge in [0.2, 0.25) is 0 Å². The summed E-state index contributed by atoms with van der Waals surface area (Å²) in [4.78, 5) is 17.9. The van der Waals surface area contributed by atoms with Crippen molar-refractivity contribution in [1.82, 2.24) is 9.88 Å². The average Bonchev–Trinajstić information content (AvgIpc) is 2.85. The average molecular weight is 474 g/mol. The van der Waals surface area contributed by atoms with Crippen molar-refractivity contribution in [2.45, 2.75) is 20.0 Å². The molecule has 0 fully saturated rings. The summed E-state index contributed by atoms with van der Waals surface area (Å²) in [6.45, 7) is 3.48. The third kappa shape index (κ3) is 5.74. The molecular weight excluding hydrogens is 446 g/mol. The van der Waals surface area contributed by atoms with Crippen LogP contribution >= 0.6 is 12.2 Å². The van der Waals surface area contributed by atoms with Crippen LogP contribution in [0.15, 0.2) is 83.7 Å². The normalized spacial score (nSPS) is 10.6. The Balaban J connectivity index is 1.60. The fourth-order valence-corrected chi connectivity index (χ4v) is 3.93. The summed E-state index contributed by atoms with van der Waals surface area (Å²) in [5, 5.41) is 4.76. The van der Waals surface area contributed by atoms with E-state index >= 15 is 0 Å². The molecule has 3 aromatic carbocycles. The molecule has 34 heavy (non-hydrogen) atoms. The van der Waals surface area contributed by atoms with Crippen molar-refractivity contribution in [3.63, 3.8) is 0 Å². The number of benzene rings is 3. The Morgan fingerprint density at radius 1 is 0.971 bits per heavy atom. The van der Waals surface area contributed by atoms with Crippen LogP contribution < -0.4 is 20.3 Å². The lowest BCUT2D eigenvalue weighted by atomic mass is 10.1. The number of aromatic amines is 1. The summed E-state index contributed by atoms with van der Waals surface area (Å²) in [6.07, 6.45) is 0. The van der Waals surface area contributed by atoms with E-state index in [1.54, 1.807) is 7.11 Å². The van der Waals surface area contributed by atoms with Crippen LogP contribution in [0.4, 0.5) is 5.69 Å². The van der Waals surface area contributed by atoms with Crippen LogP contribution in [-0.4, -0.2) is 28.7 Å². The van der Waals surface area contributed by atoms with Gasteiger partial charge in [0, 0.05) is 23.9 Å². The van der Waals surface area contributed by atoms with E-state index in [1.165, 1.54) is 0 Å². The molecule has 0 saturated carbocycles. The lowest BCUT2D eigenvalue weighted by molar-refractivity contribution is 0.340. The number of thiocarbonyl (C=S) groups is 1.